The lowest BCUT2D eigenvalue weighted by molar-refractivity contribution is -0.138. The molecule has 0 aromatic heterocycles. The van der Waals surface area contributed by atoms with E-state index in [1.165, 1.54) is 12.1 Å². The lowest BCUT2D eigenvalue weighted by atomic mass is 10.1. The zero-order valence-electron chi connectivity index (χ0n) is 6.90. The van der Waals surface area contributed by atoms with Gasteiger partial charge in [0.2, 0.25) is 0 Å². The summed E-state index contributed by atoms with van der Waals surface area (Å²) in [7, 11) is 0. The van der Waals surface area contributed by atoms with Crippen LogP contribution in [0, 0.1) is 0 Å². The van der Waals surface area contributed by atoms with Crippen LogP contribution in [-0.4, -0.2) is 0 Å². The van der Waals surface area contributed by atoms with E-state index in [9.17, 15) is 13.2 Å². The third kappa shape index (κ3) is 2.59. The largest absolute Gasteiger partial charge is 0.416 e. The highest BCUT2D eigenvalue weighted by molar-refractivity contribution is 14.1. The molecule has 0 fully saturated rings. The standard InChI is InChI=1S/C9H8F3I/c1-6(13)7-4-2-3-5-8(7)9(10,11)12/h2-6H,1H3/t6-/m0/s1. The highest BCUT2D eigenvalue weighted by atomic mass is 127. The van der Waals surface area contributed by atoms with E-state index in [4.69, 9.17) is 0 Å². The van der Waals surface area contributed by atoms with Crippen molar-refractivity contribution >= 4 is 22.6 Å². The van der Waals surface area contributed by atoms with Gasteiger partial charge in [0.25, 0.3) is 0 Å². The van der Waals surface area contributed by atoms with E-state index >= 15 is 0 Å². The van der Waals surface area contributed by atoms with Crippen LogP contribution in [-0.2, 0) is 6.18 Å². The summed E-state index contributed by atoms with van der Waals surface area (Å²) in [5.74, 6) is 0. The molecular weight excluding hydrogens is 292 g/mol. The molecule has 0 bridgehead atoms. The summed E-state index contributed by atoms with van der Waals surface area (Å²) in [6.07, 6.45) is -4.24. The van der Waals surface area contributed by atoms with Crippen LogP contribution in [0.4, 0.5) is 13.2 Å². The molecule has 13 heavy (non-hydrogen) atoms. The van der Waals surface area contributed by atoms with E-state index < -0.39 is 11.7 Å². The normalized spacial score (nSPS) is 14.2. The maximum atomic E-state index is 12.4. The fraction of sp³-hybridized carbons (Fsp3) is 0.333. The fourth-order valence-corrected chi connectivity index (χ4v) is 1.65. The molecule has 0 aliphatic carbocycles. The van der Waals surface area contributed by atoms with Crippen LogP contribution in [0.1, 0.15) is 22.0 Å². The molecule has 0 saturated carbocycles. The SMILES string of the molecule is C[C@H](I)c1ccccc1C(F)(F)F. The van der Waals surface area contributed by atoms with E-state index in [0.29, 0.717) is 5.56 Å². The summed E-state index contributed by atoms with van der Waals surface area (Å²) >= 11 is 1.97. The number of alkyl halides is 4. The second-order valence-electron chi connectivity index (χ2n) is 2.70. The second-order valence-corrected chi connectivity index (χ2v) is 4.57. The van der Waals surface area contributed by atoms with Crippen LogP contribution in [0.2, 0.25) is 0 Å². The quantitative estimate of drug-likeness (QED) is 0.538. The predicted molar refractivity (Wildman–Crippen MR) is 53.9 cm³/mol. The number of hydrogen-bond acceptors (Lipinski definition) is 0. The number of benzene rings is 1. The van der Waals surface area contributed by atoms with Gasteiger partial charge in [-0.15, -0.1) is 0 Å². The zero-order chi connectivity index (χ0) is 10.1. The molecule has 0 nitrogen and oxygen atoms in total. The van der Waals surface area contributed by atoms with E-state index in [1.54, 1.807) is 13.0 Å². The molecule has 0 radical (unpaired) electrons. The van der Waals surface area contributed by atoms with Gasteiger partial charge in [0, 0.05) is 3.92 Å². The minimum Gasteiger partial charge on any atom is -0.166 e. The minimum atomic E-state index is -4.24. The molecule has 1 aromatic rings. The monoisotopic (exact) mass is 300 g/mol. The third-order valence-electron chi connectivity index (χ3n) is 1.69. The Morgan fingerprint density at radius 1 is 1.23 bits per heavy atom. The maximum absolute atomic E-state index is 12.4. The van der Waals surface area contributed by atoms with Crippen molar-refractivity contribution in [3.63, 3.8) is 0 Å². The van der Waals surface area contributed by atoms with Gasteiger partial charge in [-0.05, 0) is 18.6 Å². The molecule has 0 N–H and O–H groups in total. The summed E-state index contributed by atoms with van der Waals surface area (Å²) < 4.78 is 37.1. The Labute approximate surface area is 88.3 Å². The summed E-state index contributed by atoms with van der Waals surface area (Å²) in [6, 6.07) is 5.66. The first-order valence-corrected chi connectivity index (χ1v) is 4.97. The van der Waals surface area contributed by atoms with E-state index in [1.807, 2.05) is 22.6 Å². The summed E-state index contributed by atoms with van der Waals surface area (Å²) in [5, 5.41) is 0. The van der Waals surface area contributed by atoms with Crippen molar-refractivity contribution in [1.29, 1.82) is 0 Å². The maximum Gasteiger partial charge on any atom is 0.416 e. The molecule has 72 valence electrons. The van der Waals surface area contributed by atoms with Gasteiger partial charge in [-0.3, -0.25) is 0 Å². The Morgan fingerprint density at radius 2 is 1.77 bits per heavy atom. The molecule has 0 aliphatic rings. The highest BCUT2D eigenvalue weighted by Crippen LogP contribution is 2.36. The number of halogens is 4. The van der Waals surface area contributed by atoms with Gasteiger partial charge in [0.1, 0.15) is 0 Å². The van der Waals surface area contributed by atoms with Gasteiger partial charge in [0.05, 0.1) is 5.56 Å². The summed E-state index contributed by atoms with van der Waals surface area (Å²) in [4.78, 5) is 0. The summed E-state index contributed by atoms with van der Waals surface area (Å²) in [5.41, 5.74) is -0.187. The van der Waals surface area contributed by atoms with Crippen LogP contribution in [0.3, 0.4) is 0 Å². The van der Waals surface area contributed by atoms with Crippen LogP contribution in [0.15, 0.2) is 24.3 Å². The van der Waals surface area contributed by atoms with Gasteiger partial charge in [0.15, 0.2) is 0 Å². The molecule has 1 rings (SSSR count). The van der Waals surface area contributed by atoms with Crippen LogP contribution in [0.25, 0.3) is 0 Å². The molecule has 0 unspecified atom stereocenters. The molecule has 0 spiro atoms. The van der Waals surface area contributed by atoms with Crippen LogP contribution in [0.5, 0.6) is 0 Å². The predicted octanol–water partition coefficient (Wildman–Crippen LogP) is 4.20. The fourth-order valence-electron chi connectivity index (χ4n) is 1.10. The van der Waals surface area contributed by atoms with Crippen molar-refractivity contribution in [3.8, 4) is 0 Å². The Morgan fingerprint density at radius 3 is 2.15 bits per heavy atom. The van der Waals surface area contributed by atoms with Crippen molar-refractivity contribution < 1.29 is 13.2 Å². The lowest BCUT2D eigenvalue weighted by Crippen LogP contribution is -2.08. The molecular formula is C9H8F3I. The first kappa shape index (κ1) is 10.8. The lowest BCUT2D eigenvalue weighted by Gasteiger charge is -2.13. The van der Waals surface area contributed by atoms with Crippen molar-refractivity contribution in [1.82, 2.24) is 0 Å². The Bertz CT molecular complexity index is 291. The first-order valence-electron chi connectivity index (χ1n) is 3.73. The minimum absolute atomic E-state index is 0.129. The average Bonchev–Trinajstić information content (AvgIpc) is 2.03. The Balaban J connectivity index is 3.20. The zero-order valence-corrected chi connectivity index (χ0v) is 9.06. The number of rotatable bonds is 1. The second kappa shape index (κ2) is 3.86. The highest BCUT2D eigenvalue weighted by Gasteiger charge is 2.33. The van der Waals surface area contributed by atoms with Gasteiger partial charge in [-0.2, -0.15) is 13.2 Å². The topological polar surface area (TPSA) is 0 Å². The molecule has 4 heteroatoms. The van der Waals surface area contributed by atoms with Crippen molar-refractivity contribution in [2.45, 2.75) is 17.0 Å². The van der Waals surface area contributed by atoms with E-state index in [2.05, 4.69) is 0 Å². The molecule has 0 amide bonds. The van der Waals surface area contributed by atoms with Crippen molar-refractivity contribution in [2.75, 3.05) is 0 Å². The smallest absolute Gasteiger partial charge is 0.166 e. The third-order valence-corrected chi connectivity index (χ3v) is 2.37. The molecule has 0 aliphatic heterocycles. The Kier molecular flexibility index (Phi) is 3.21. The van der Waals surface area contributed by atoms with Crippen molar-refractivity contribution in [2.24, 2.45) is 0 Å². The van der Waals surface area contributed by atoms with Gasteiger partial charge >= 0.3 is 6.18 Å². The van der Waals surface area contributed by atoms with Gasteiger partial charge in [-0.1, -0.05) is 40.8 Å². The van der Waals surface area contributed by atoms with Crippen LogP contribution < -0.4 is 0 Å². The van der Waals surface area contributed by atoms with Gasteiger partial charge in [-0.25, -0.2) is 0 Å². The first-order chi connectivity index (χ1) is 5.93. The summed E-state index contributed by atoms with van der Waals surface area (Å²) in [6.45, 7) is 1.74. The van der Waals surface area contributed by atoms with E-state index in [-0.39, 0.29) is 3.92 Å². The number of hydrogen-bond donors (Lipinski definition) is 0. The van der Waals surface area contributed by atoms with Crippen LogP contribution >= 0.6 is 22.6 Å². The molecule has 1 aromatic carbocycles. The van der Waals surface area contributed by atoms with E-state index in [0.717, 1.165) is 6.07 Å². The molecule has 1 atom stereocenters. The molecule has 0 saturated heterocycles. The Hall–Kier alpha value is -0.260. The van der Waals surface area contributed by atoms with Gasteiger partial charge < -0.3 is 0 Å². The molecule has 0 heterocycles. The van der Waals surface area contributed by atoms with Crippen molar-refractivity contribution in [3.05, 3.63) is 35.4 Å². The average molecular weight is 300 g/mol.